The van der Waals surface area contributed by atoms with Crippen molar-refractivity contribution in [3.8, 4) is 0 Å². The van der Waals surface area contributed by atoms with Gasteiger partial charge in [-0.25, -0.2) is 9.97 Å². The monoisotopic (exact) mass is 277 g/mol. The summed E-state index contributed by atoms with van der Waals surface area (Å²) >= 11 is 0. The number of nitrogen functional groups attached to an aromatic ring is 1. The van der Waals surface area contributed by atoms with Crippen molar-refractivity contribution < 1.29 is 4.92 Å². The van der Waals surface area contributed by atoms with E-state index in [1.807, 2.05) is 0 Å². The minimum absolute atomic E-state index is 0.0901. The van der Waals surface area contributed by atoms with Gasteiger partial charge in [0, 0.05) is 6.04 Å². The van der Waals surface area contributed by atoms with E-state index in [9.17, 15) is 10.1 Å². The Labute approximate surface area is 117 Å². The van der Waals surface area contributed by atoms with Gasteiger partial charge in [-0.1, -0.05) is 6.42 Å². The summed E-state index contributed by atoms with van der Waals surface area (Å²) in [6.07, 6.45) is 6.42. The fraction of sp³-hybridized carbons (Fsp3) is 0.692. The molecule has 3 N–H and O–H groups in total. The van der Waals surface area contributed by atoms with Crippen LogP contribution in [0.1, 0.15) is 32.6 Å². The molecule has 1 aromatic rings. The molecule has 2 aliphatic carbocycles. The SMILES string of the molecule is C[C@@H](Nc1ncnc(N)c1[N+](=O)[O-])[C@H]1C[C@@H]2CC[C@@H]1C2. The second-order valence-corrected chi connectivity index (χ2v) is 5.98. The third-order valence-electron chi connectivity index (χ3n) is 4.83. The molecule has 108 valence electrons. The Morgan fingerprint density at radius 2 is 2.25 bits per heavy atom. The average Bonchev–Trinajstić information content (AvgIpc) is 3.00. The van der Waals surface area contributed by atoms with Crippen molar-refractivity contribution in [3.63, 3.8) is 0 Å². The van der Waals surface area contributed by atoms with Gasteiger partial charge in [0.15, 0.2) is 0 Å². The van der Waals surface area contributed by atoms with E-state index in [1.165, 1.54) is 32.0 Å². The van der Waals surface area contributed by atoms with E-state index in [2.05, 4.69) is 22.2 Å². The van der Waals surface area contributed by atoms with Gasteiger partial charge in [0.2, 0.25) is 11.6 Å². The number of nitrogens with two attached hydrogens (primary N) is 1. The first-order valence-electron chi connectivity index (χ1n) is 7.07. The van der Waals surface area contributed by atoms with Gasteiger partial charge in [-0.05, 0) is 43.9 Å². The number of nitrogens with zero attached hydrogens (tertiary/aromatic N) is 3. The Morgan fingerprint density at radius 1 is 1.45 bits per heavy atom. The molecule has 4 atom stereocenters. The predicted molar refractivity (Wildman–Crippen MR) is 75.1 cm³/mol. The number of rotatable bonds is 4. The summed E-state index contributed by atoms with van der Waals surface area (Å²) in [4.78, 5) is 18.2. The second-order valence-electron chi connectivity index (χ2n) is 5.98. The van der Waals surface area contributed by atoms with Crippen LogP contribution in [0.25, 0.3) is 0 Å². The van der Waals surface area contributed by atoms with Gasteiger partial charge in [-0.2, -0.15) is 0 Å². The summed E-state index contributed by atoms with van der Waals surface area (Å²) in [6, 6.07) is 0.165. The summed E-state index contributed by atoms with van der Waals surface area (Å²) < 4.78 is 0. The molecule has 0 amide bonds. The fourth-order valence-electron chi connectivity index (χ4n) is 3.91. The van der Waals surface area contributed by atoms with Crippen LogP contribution in [0.2, 0.25) is 0 Å². The Morgan fingerprint density at radius 3 is 2.85 bits per heavy atom. The van der Waals surface area contributed by atoms with Gasteiger partial charge in [0.25, 0.3) is 0 Å². The molecule has 1 heterocycles. The van der Waals surface area contributed by atoms with Crippen LogP contribution in [0, 0.1) is 27.9 Å². The minimum Gasteiger partial charge on any atom is -0.378 e. The van der Waals surface area contributed by atoms with Crippen LogP contribution in [0.5, 0.6) is 0 Å². The van der Waals surface area contributed by atoms with Gasteiger partial charge >= 0.3 is 5.69 Å². The lowest BCUT2D eigenvalue weighted by Crippen LogP contribution is -2.30. The van der Waals surface area contributed by atoms with E-state index in [1.54, 1.807) is 0 Å². The molecule has 0 radical (unpaired) electrons. The largest absolute Gasteiger partial charge is 0.378 e. The molecule has 2 fully saturated rings. The Kier molecular flexibility index (Phi) is 3.19. The molecule has 7 heteroatoms. The lowest BCUT2D eigenvalue weighted by Gasteiger charge is -2.28. The highest BCUT2D eigenvalue weighted by molar-refractivity contribution is 5.67. The molecule has 1 aromatic heterocycles. The van der Waals surface area contributed by atoms with Crippen LogP contribution in [0.3, 0.4) is 0 Å². The highest BCUT2D eigenvalue weighted by Crippen LogP contribution is 2.50. The van der Waals surface area contributed by atoms with Crippen LogP contribution in [0.4, 0.5) is 17.3 Å². The lowest BCUT2D eigenvalue weighted by atomic mass is 9.84. The van der Waals surface area contributed by atoms with Gasteiger partial charge in [-0.3, -0.25) is 10.1 Å². The maximum atomic E-state index is 11.1. The van der Waals surface area contributed by atoms with Crippen LogP contribution in [-0.4, -0.2) is 20.9 Å². The van der Waals surface area contributed by atoms with Gasteiger partial charge in [0.1, 0.15) is 6.33 Å². The van der Waals surface area contributed by atoms with E-state index >= 15 is 0 Å². The summed E-state index contributed by atoms with van der Waals surface area (Å²) in [5.41, 5.74) is 5.36. The molecule has 0 saturated heterocycles. The standard InChI is InChI=1S/C13H19N5O2/c1-7(10-5-8-2-3-9(10)4-8)17-13-11(18(19)20)12(14)15-6-16-13/h6-10H,2-5H2,1H3,(H3,14,15,16,17)/t7-,8-,9-,10-/m1/s1. The Hall–Kier alpha value is -1.92. The third-order valence-corrected chi connectivity index (χ3v) is 4.83. The van der Waals surface area contributed by atoms with Crippen LogP contribution in [-0.2, 0) is 0 Å². The van der Waals surface area contributed by atoms with Crippen molar-refractivity contribution in [2.24, 2.45) is 17.8 Å². The second kappa shape index (κ2) is 4.88. The van der Waals surface area contributed by atoms with Crippen LogP contribution >= 0.6 is 0 Å². The normalized spacial score (nSPS) is 29.4. The molecular formula is C13H19N5O2. The number of fused-ring (bicyclic) bond motifs is 2. The molecule has 0 unspecified atom stereocenters. The number of aromatic nitrogens is 2. The molecule has 0 aromatic carbocycles. The van der Waals surface area contributed by atoms with Gasteiger partial charge in [-0.15, -0.1) is 0 Å². The molecule has 2 saturated carbocycles. The number of hydrogen-bond acceptors (Lipinski definition) is 6. The predicted octanol–water partition coefficient (Wildman–Crippen LogP) is 2.20. The molecule has 2 bridgehead atoms. The molecule has 20 heavy (non-hydrogen) atoms. The smallest absolute Gasteiger partial charge is 0.352 e. The number of nitro groups is 1. The Balaban J connectivity index is 1.78. The van der Waals surface area contributed by atoms with E-state index in [0.717, 1.165) is 11.8 Å². The molecule has 0 aliphatic heterocycles. The maximum absolute atomic E-state index is 11.1. The van der Waals surface area contributed by atoms with Crippen LogP contribution < -0.4 is 11.1 Å². The van der Waals surface area contributed by atoms with Crippen molar-refractivity contribution in [2.75, 3.05) is 11.1 Å². The summed E-state index contributed by atoms with van der Waals surface area (Å²) in [6.45, 7) is 2.08. The zero-order chi connectivity index (χ0) is 14.3. The fourth-order valence-corrected chi connectivity index (χ4v) is 3.91. The quantitative estimate of drug-likeness (QED) is 0.645. The first-order chi connectivity index (χ1) is 9.56. The van der Waals surface area contributed by atoms with Crippen molar-refractivity contribution in [2.45, 2.75) is 38.6 Å². The van der Waals surface area contributed by atoms with E-state index in [0.29, 0.717) is 5.92 Å². The zero-order valence-electron chi connectivity index (χ0n) is 11.5. The van der Waals surface area contributed by atoms with Gasteiger partial charge in [0.05, 0.1) is 4.92 Å². The van der Waals surface area contributed by atoms with Crippen molar-refractivity contribution >= 4 is 17.3 Å². The third kappa shape index (κ3) is 2.17. The van der Waals surface area contributed by atoms with Gasteiger partial charge < -0.3 is 11.1 Å². The topological polar surface area (TPSA) is 107 Å². The first kappa shape index (κ1) is 13.1. The molecular weight excluding hydrogens is 258 g/mol. The molecule has 3 rings (SSSR count). The molecule has 0 spiro atoms. The minimum atomic E-state index is -0.523. The molecule has 7 nitrogen and oxygen atoms in total. The Bertz CT molecular complexity index is 535. The van der Waals surface area contributed by atoms with E-state index in [4.69, 9.17) is 5.73 Å². The number of nitrogens with one attached hydrogen (secondary N) is 1. The number of hydrogen-bond donors (Lipinski definition) is 2. The first-order valence-corrected chi connectivity index (χ1v) is 7.07. The molecule has 2 aliphatic rings. The zero-order valence-corrected chi connectivity index (χ0v) is 11.5. The highest BCUT2D eigenvalue weighted by atomic mass is 16.6. The average molecular weight is 277 g/mol. The summed E-state index contributed by atoms with van der Waals surface area (Å²) in [5, 5.41) is 14.3. The maximum Gasteiger partial charge on any atom is 0.352 e. The van der Waals surface area contributed by atoms with E-state index in [-0.39, 0.29) is 23.4 Å². The van der Waals surface area contributed by atoms with Crippen LogP contribution in [0.15, 0.2) is 6.33 Å². The van der Waals surface area contributed by atoms with Crippen molar-refractivity contribution in [3.05, 3.63) is 16.4 Å². The number of anilines is 2. The van der Waals surface area contributed by atoms with E-state index < -0.39 is 4.92 Å². The lowest BCUT2D eigenvalue weighted by molar-refractivity contribution is -0.383. The summed E-state index contributed by atoms with van der Waals surface area (Å²) in [5.74, 6) is 2.32. The summed E-state index contributed by atoms with van der Waals surface area (Å²) in [7, 11) is 0. The van der Waals surface area contributed by atoms with Crippen molar-refractivity contribution in [1.29, 1.82) is 0 Å². The highest BCUT2D eigenvalue weighted by Gasteiger charge is 2.42. The van der Waals surface area contributed by atoms with Crippen molar-refractivity contribution in [1.82, 2.24) is 9.97 Å².